The fraction of sp³-hybridized carbons (Fsp3) is 0.100. The molecule has 126 valence electrons. The summed E-state index contributed by atoms with van der Waals surface area (Å²) in [5.41, 5.74) is 4.87. The summed E-state index contributed by atoms with van der Waals surface area (Å²) >= 11 is 1.57. The summed E-state index contributed by atoms with van der Waals surface area (Å²) in [6, 6.07) is 23.9. The Morgan fingerprint density at radius 2 is 1.64 bits per heavy atom. The molecule has 2 aromatic carbocycles. The van der Waals surface area contributed by atoms with Gasteiger partial charge >= 0.3 is 0 Å². The predicted octanol–water partition coefficient (Wildman–Crippen LogP) is 4.25. The zero-order valence-corrected chi connectivity index (χ0v) is 14.4. The van der Waals surface area contributed by atoms with Gasteiger partial charge < -0.3 is 4.42 Å². The van der Waals surface area contributed by atoms with Crippen LogP contribution < -0.4 is 5.43 Å². The van der Waals surface area contributed by atoms with Crippen molar-refractivity contribution in [1.82, 2.24) is 5.43 Å². The quantitative estimate of drug-likeness (QED) is 0.512. The number of hydrogen-bond donors (Lipinski definition) is 1. The minimum absolute atomic E-state index is 0.0993. The number of carbonyl (C=O) groups excluding carboxylic acids is 1. The van der Waals surface area contributed by atoms with Crippen LogP contribution in [0, 0.1) is 0 Å². The second-order valence-corrected chi connectivity index (χ2v) is 6.41. The summed E-state index contributed by atoms with van der Waals surface area (Å²) in [4.78, 5) is 12.1. The topological polar surface area (TPSA) is 54.6 Å². The minimum Gasteiger partial charge on any atom is -0.463 e. The van der Waals surface area contributed by atoms with E-state index in [0.29, 0.717) is 11.5 Å². The smallest absolute Gasteiger partial charge is 0.250 e. The van der Waals surface area contributed by atoms with Crippen molar-refractivity contribution in [3.8, 4) is 0 Å². The van der Waals surface area contributed by atoms with Crippen molar-refractivity contribution in [3.05, 3.63) is 95.9 Å². The van der Waals surface area contributed by atoms with Crippen LogP contribution in [0.2, 0.25) is 0 Å². The second-order valence-electron chi connectivity index (χ2n) is 5.32. The first-order chi connectivity index (χ1) is 12.3. The molecule has 25 heavy (non-hydrogen) atoms. The van der Waals surface area contributed by atoms with Crippen LogP contribution in [0.4, 0.5) is 0 Å². The summed E-state index contributed by atoms with van der Waals surface area (Å²) < 4.78 is 5.12. The zero-order chi connectivity index (χ0) is 17.3. The molecule has 0 bridgehead atoms. The molecule has 1 aromatic heterocycles. The van der Waals surface area contributed by atoms with Crippen molar-refractivity contribution in [2.45, 2.75) is 5.25 Å². The van der Waals surface area contributed by atoms with Gasteiger partial charge in [0.25, 0.3) is 0 Å². The summed E-state index contributed by atoms with van der Waals surface area (Å²) in [6.07, 6.45) is 3.04. The van der Waals surface area contributed by atoms with Crippen LogP contribution in [0.5, 0.6) is 0 Å². The van der Waals surface area contributed by atoms with Gasteiger partial charge in [0.05, 0.1) is 23.5 Å². The fourth-order valence-corrected chi connectivity index (χ4v) is 3.45. The van der Waals surface area contributed by atoms with Crippen LogP contribution >= 0.6 is 11.8 Å². The average Bonchev–Trinajstić information content (AvgIpc) is 3.17. The molecule has 0 saturated carbocycles. The number of hydrogen-bond acceptors (Lipinski definition) is 4. The third kappa shape index (κ3) is 5.09. The molecule has 0 atom stereocenters. The van der Waals surface area contributed by atoms with Gasteiger partial charge in [-0.25, -0.2) is 5.43 Å². The van der Waals surface area contributed by atoms with Gasteiger partial charge in [0.15, 0.2) is 0 Å². The van der Waals surface area contributed by atoms with Crippen molar-refractivity contribution in [3.63, 3.8) is 0 Å². The summed E-state index contributed by atoms with van der Waals surface area (Å²) in [7, 11) is 0. The Morgan fingerprint density at radius 1 is 1.00 bits per heavy atom. The van der Waals surface area contributed by atoms with Crippen molar-refractivity contribution >= 4 is 23.9 Å². The Labute approximate surface area is 150 Å². The molecule has 0 radical (unpaired) electrons. The Hall–Kier alpha value is -2.79. The zero-order valence-electron chi connectivity index (χ0n) is 13.5. The lowest BCUT2D eigenvalue weighted by Crippen LogP contribution is -2.20. The first kappa shape index (κ1) is 17.0. The van der Waals surface area contributed by atoms with E-state index < -0.39 is 0 Å². The highest BCUT2D eigenvalue weighted by atomic mass is 32.2. The van der Waals surface area contributed by atoms with Crippen LogP contribution in [0.3, 0.4) is 0 Å². The highest BCUT2D eigenvalue weighted by Crippen LogP contribution is 2.35. The van der Waals surface area contributed by atoms with Crippen molar-refractivity contribution in [2.75, 3.05) is 5.75 Å². The Morgan fingerprint density at radius 3 is 2.20 bits per heavy atom. The van der Waals surface area contributed by atoms with E-state index in [1.807, 2.05) is 36.4 Å². The fourth-order valence-electron chi connectivity index (χ4n) is 2.36. The number of benzene rings is 2. The molecule has 0 aliphatic heterocycles. The number of nitrogens with one attached hydrogen (secondary N) is 1. The van der Waals surface area contributed by atoms with Crippen LogP contribution in [-0.2, 0) is 4.79 Å². The van der Waals surface area contributed by atoms with E-state index in [-0.39, 0.29) is 11.2 Å². The second kappa shape index (κ2) is 8.89. The number of rotatable bonds is 7. The molecule has 1 heterocycles. The Kier molecular flexibility index (Phi) is 6.06. The van der Waals surface area contributed by atoms with Crippen LogP contribution in [0.1, 0.15) is 22.1 Å². The molecule has 0 spiro atoms. The molecule has 4 nitrogen and oxygen atoms in total. The standard InChI is InChI=1S/C20H18N2O2S/c23-19(22-21-14-18-12-7-13-24-18)15-25-20(16-8-3-1-4-9-16)17-10-5-2-6-11-17/h1-14,20H,15H2,(H,22,23)/b21-14+. The molecule has 0 aliphatic carbocycles. The lowest BCUT2D eigenvalue weighted by molar-refractivity contribution is -0.118. The molecule has 5 heteroatoms. The van der Waals surface area contributed by atoms with E-state index in [9.17, 15) is 4.79 Å². The maximum atomic E-state index is 12.1. The first-order valence-electron chi connectivity index (χ1n) is 7.90. The normalized spacial score (nSPS) is 11.1. The van der Waals surface area contributed by atoms with Crippen molar-refractivity contribution in [1.29, 1.82) is 0 Å². The lowest BCUT2D eigenvalue weighted by Gasteiger charge is -2.17. The molecule has 0 saturated heterocycles. The summed E-state index contributed by atoms with van der Waals surface area (Å²) in [6.45, 7) is 0. The molecule has 0 fully saturated rings. The minimum atomic E-state index is -0.148. The maximum absolute atomic E-state index is 12.1. The lowest BCUT2D eigenvalue weighted by atomic mass is 10.0. The largest absolute Gasteiger partial charge is 0.463 e. The molecule has 0 aliphatic rings. The predicted molar refractivity (Wildman–Crippen MR) is 102 cm³/mol. The number of furan rings is 1. The Balaban J connectivity index is 1.62. The number of carbonyl (C=O) groups is 1. The van der Waals surface area contributed by atoms with Gasteiger partial charge in [0.1, 0.15) is 5.76 Å². The van der Waals surface area contributed by atoms with E-state index in [1.165, 1.54) is 17.3 Å². The third-order valence-corrected chi connectivity index (χ3v) is 4.82. The van der Waals surface area contributed by atoms with E-state index in [4.69, 9.17) is 4.42 Å². The van der Waals surface area contributed by atoms with Crippen molar-refractivity contribution in [2.24, 2.45) is 5.10 Å². The molecule has 3 aromatic rings. The summed E-state index contributed by atoms with van der Waals surface area (Å²) in [5.74, 6) is 0.758. The van der Waals surface area contributed by atoms with E-state index in [1.54, 1.807) is 30.2 Å². The van der Waals surface area contributed by atoms with Gasteiger partial charge in [0.2, 0.25) is 5.91 Å². The van der Waals surface area contributed by atoms with Gasteiger partial charge in [-0.2, -0.15) is 5.10 Å². The molecule has 0 unspecified atom stereocenters. The highest BCUT2D eigenvalue weighted by Gasteiger charge is 2.16. The number of nitrogens with zero attached hydrogens (tertiary/aromatic N) is 1. The van der Waals surface area contributed by atoms with Crippen molar-refractivity contribution < 1.29 is 9.21 Å². The number of thioether (sulfide) groups is 1. The Bertz CT molecular complexity index is 763. The van der Waals surface area contributed by atoms with Crippen LogP contribution in [-0.4, -0.2) is 17.9 Å². The maximum Gasteiger partial charge on any atom is 0.250 e. The molecule has 1 amide bonds. The number of amides is 1. The summed E-state index contributed by atoms with van der Waals surface area (Å²) in [5, 5.41) is 4.00. The van der Waals surface area contributed by atoms with Crippen LogP contribution in [0.25, 0.3) is 0 Å². The van der Waals surface area contributed by atoms with Gasteiger partial charge in [-0.15, -0.1) is 11.8 Å². The van der Waals surface area contributed by atoms with E-state index in [2.05, 4.69) is 34.8 Å². The van der Waals surface area contributed by atoms with Gasteiger partial charge in [-0.05, 0) is 23.3 Å². The molecule has 1 N–H and O–H groups in total. The SMILES string of the molecule is O=C(CSC(c1ccccc1)c1ccccc1)N/N=C/c1ccco1. The monoisotopic (exact) mass is 350 g/mol. The first-order valence-corrected chi connectivity index (χ1v) is 8.95. The van der Waals surface area contributed by atoms with Gasteiger partial charge in [0, 0.05) is 0 Å². The number of hydrazone groups is 1. The van der Waals surface area contributed by atoms with Gasteiger partial charge in [-0.1, -0.05) is 60.7 Å². The van der Waals surface area contributed by atoms with Gasteiger partial charge in [-0.3, -0.25) is 4.79 Å². The van der Waals surface area contributed by atoms with E-state index >= 15 is 0 Å². The molecular formula is C20H18N2O2S. The molecule has 3 rings (SSSR count). The highest BCUT2D eigenvalue weighted by molar-refractivity contribution is 8.00. The molecular weight excluding hydrogens is 332 g/mol. The average molecular weight is 350 g/mol. The van der Waals surface area contributed by atoms with E-state index in [0.717, 1.165) is 0 Å². The van der Waals surface area contributed by atoms with Crippen LogP contribution in [0.15, 0.2) is 88.6 Å². The third-order valence-electron chi connectivity index (χ3n) is 3.51.